The molecule has 166 valence electrons. The summed E-state index contributed by atoms with van der Waals surface area (Å²) in [7, 11) is 1.80. The van der Waals surface area contributed by atoms with E-state index in [2.05, 4.69) is 16.4 Å². The molecule has 0 aliphatic heterocycles. The second-order valence-electron chi connectivity index (χ2n) is 8.71. The number of carbonyl (C=O) groups is 1. The molecule has 0 unspecified atom stereocenters. The summed E-state index contributed by atoms with van der Waals surface area (Å²) in [5.41, 5.74) is 1.65. The van der Waals surface area contributed by atoms with Gasteiger partial charge in [0.15, 0.2) is 0 Å². The molecule has 0 heterocycles. The second kappa shape index (κ2) is 12.1. The van der Waals surface area contributed by atoms with Crippen molar-refractivity contribution in [2.24, 2.45) is 0 Å². The number of carboxylic acids is 1. The highest BCUT2D eigenvalue weighted by atomic mass is 32.2. The van der Waals surface area contributed by atoms with Crippen molar-refractivity contribution in [3.63, 3.8) is 0 Å². The molecule has 1 aromatic carbocycles. The lowest BCUT2D eigenvalue weighted by atomic mass is 10.0. The molecule has 0 fully saturated rings. The van der Waals surface area contributed by atoms with Crippen LogP contribution in [0, 0.1) is 0 Å². The highest BCUT2D eigenvalue weighted by Crippen LogP contribution is 2.15. The Bertz CT molecular complexity index is 712. The third-order valence-corrected chi connectivity index (χ3v) is 5.68. The number of hydrogen-bond donors (Lipinski definition) is 3. The third kappa shape index (κ3) is 12.5. The predicted molar refractivity (Wildman–Crippen MR) is 118 cm³/mol. The van der Waals surface area contributed by atoms with Crippen LogP contribution in [-0.2, 0) is 21.4 Å². The van der Waals surface area contributed by atoms with Gasteiger partial charge in [-0.25, -0.2) is 0 Å². The highest BCUT2D eigenvalue weighted by Gasteiger charge is 2.25. The van der Waals surface area contributed by atoms with Crippen LogP contribution in [0.3, 0.4) is 0 Å². The summed E-state index contributed by atoms with van der Waals surface area (Å²) in [4.78, 5) is 11.1. The molecular formula is C21H38N3O4S+. The highest BCUT2D eigenvalue weighted by molar-refractivity contribution is 7.90. The van der Waals surface area contributed by atoms with Gasteiger partial charge in [-0.3, -0.25) is 9.52 Å². The molecule has 0 saturated heterocycles. The van der Waals surface area contributed by atoms with E-state index in [1.165, 1.54) is 37.7 Å². The van der Waals surface area contributed by atoms with Gasteiger partial charge in [-0.1, -0.05) is 51.2 Å². The molecule has 8 heteroatoms. The number of nitrogens with one attached hydrogen (secondary N) is 2. The van der Waals surface area contributed by atoms with Crippen LogP contribution in [0.25, 0.3) is 0 Å². The van der Waals surface area contributed by atoms with E-state index in [9.17, 15) is 13.2 Å². The second-order valence-corrected chi connectivity index (χ2v) is 10.2. The first-order chi connectivity index (χ1) is 13.5. The van der Waals surface area contributed by atoms with Crippen LogP contribution in [0.4, 0.5) is 5.69 Å². The van der Waals surface area contributed by atoms with E-state index in [4.69, 9.17) is 5.11 Å². The van der Waals surface area contributed by atoms with Gasteiger partial charge in [0, 0.05) is 5.69 Å². The zero-order valence-corrected chi connectivity index (χ0v) is 19.1. The summed E-state index contributed by atoms with van der Waals surface area (Å²) in [6.45, 7) is 2.58. The number of unbranched alkanes of at least 4 members (excludes halogenated alkanes) is 5. The monoisotopic (exact) mass is 428 g/mol. The zero-order valence-electron chi connectivity index (χ0n) is 18.3. The van der Waals surface area contributed by atoms with Crippen molar-refractivity contribution in [1.82, 2.24) is 4.72 Å². The van der Waals surface area contributed by atoms with E-state index in [1.807, 2.05) is 33.3 Å². The number of aliphatic carboxylic acids is 1. The Morgan fingerprint density at radius 3 is 2.17 bits per heavy atom. The van der Waals surface area contributed by atoms with Gasteiger partial charge >= 0.3 is 5.97 Å². The molecule has 0 amide bonds. The maximum Gasteiger partial charge on any atom is 0.305 e. The average molecular weight is 429 g/mol. The van der Waals surface area contributed by atoms with Crippen LogP contribution >= 0.6 is 0 Å². The van der Waals surface area contributed by atoms with Gasteiger partial charge in [0.25, 0.3) is 10.2 Å². The lowest BCUT2D eigenvalue weighted by Gasteiger charge is -2.29. The summed E-state index contributed by atoms with van der Waals surface area (Å²) in [5.74, 6) is -1.04. The first kappa shape index (κ1) is 25.4. The number of hydrogen-bond acceptors (Lipinski definition) is 3. The van der Waals surface area contributed by atoms with Crippen LogP contribution in [0.1, 0.15) is 57.4 Å². The number of aryl methyl sites for hydroxylation is 1. The molecular weight excluding hydrogens is 390 g/mol. The van der Waals surface area contributed by atoms with Crippen molar-refractivity contribution in [3.8, 4) is 0 Å². The lowest BCUT2D eigenvalue weighted by molar-refractivity contribution is -0.871. The fourth-order valence-electron chi connectivity index (χ4n) is 3.27. The average Bonchev–Trinajstić information content (AvgIpc) is 2.56. The van der Waals surface area contributed by atoms with Crippen LogP contribution in [-0.4, -0.2) is 57.7 Å². The number of carboxylic acid groups (broad SMARTS) is 1. The fourth-order valence-corrected chi connectivity index (χ4v) is 4.37. The third-order valence-electron chi connectivity index (χ3n) is 4.54. The van der Waals surface area contributed by atoms with Crippen molar-refractivity contribution in [2.45, 2.75) is 64.3 Å². The van der Waals surface area contributed by atoms with E-state index >= 15 is 0 Å². The van der Waals surface area contributed by atoms with Crippen LogP contribution in [0.2, 0.25) is 0 Å². The Balaban J connectivity index is 2.58. The van der Waals surface area contributed by atoms with Crippen LogP contribution in [0.5, 0.6) is 0 Å². The molecule has 0 aliphatic rings. The SMILES string of the molecule is CCCCCCCCc1ccc(NS(=O)(=O)N[C@H](CC(=O)O)C[N+](C)(C)C)cc1. The quantitative estimate of drug-likeness (QED) is 0.295. The Morgan fingerprint density at radius 2 is 1.62 bits per heavy atom. The lowest BCUT2D eigenvalue weighted by Crippen LogP contribution is -2.50. The van der Waals surface area contributed by atoms with E-state index in [-0.39, 0.29) is 6.42 Å². The van der Waals surface area contributed by atoms with Gasteiger partial charge in [0.1, 0.15) is 0 Å². The van der Waals surface area contributed by atoms with Gasteiger partial charge in [0.2, 0.25) is 0 Å². The molecule has 0 aliphatic carbocycles. The molecule has 3 N–H and O–H groups in total. The fraction of sp³-hybridized carbons (Fsp3) is 0.667. The molecule has 1 aromatic rings. The number of quaternary nitrogens is 1. The number of rotatable bonds is 15. The molecule has 0 radical (unpaired) electrons. The summed E-state index contributed by atoms with van der Waals surface area (Å²) in [6, 6.07) is 6.67. The number of benzene rings is 1. The Labute approximate surface area is 176 Å². The summed E-state index contributed by atoms with van der Waals surface area (Å²) in [6.07, 6.45) is 8.18. The van der Waals surface area contributed by atoms with E-state index < -0.39 is 22.2 Å². The molecule has 0 saturated carbocycles. The Kier molecular flexibility index (Phi) is 10.6. The first-order valence-electron chi connectivity index (χ1n) is 10.4. The molecule has 29 heavy (non-hydrogen) atoms. The van der Waals surface area contributed by atoms with E-state index in [0.29, 0.717) is 16.7 Å². The maximum atomic E-state index is 12.4. The van der Waals surface area contributed by atoms with Gasteiger partial charge in [-0.2, -0.15) is 13.1 Å². The van der Waals surface area contributed by atoms with E-state index in [1.54, 1.807) is 12.1 Å². The summed E-state index contributed by atoms with van der Waals surface area (Å²) < 4.78 is 30.3. The minimum Gasteiger partial charge on any atom is -0.481 e. The molecule has 1 rings (SSSR count). The summed E-state index contributed by atoms with van der Waals surface area (Å²) >= 11 is 0. The van der Waals surface area contributed by atoms with Gasteiger partial charge in [-0.15, -0.1) is 0 Å². The molecule has 0 spiro atoms. The Hall–Kier alpha value is -1.64. The normalized spacial score (nSPS) is 13.2. The van der Waals surface area contributed by atoms with Gasteiger partial charge in [0.05, 0.1) is 40.2 Å². The van der Waals surface area contributed by atoms with Crippen molar-refractivity contribution >= 4 is 21.9 Å². The molecule has 0 bridgehead atoms. The van der Waals surface area contributed by atoms with Crippen LogP contribution in [0.15, 0.2) is 24.3 Å². The number of nitrogens with zero attached hydrogens (tertiary/aromatic N) is 1. The van der Waals surface area contributed by atoms with Gasteiger partial charge < -0.3 is 9.59 Å². The minimum absolute atomic E-state index is 0.270. The first-order valence-corrected chi connectivity index (χ1v) is 11.9. The molecule has 1 atom stereocenters. The van der Waals surface area contributed by atoms with Crippen molar-refractivity contribution in [1.29, 1.82) is 0 Å². The number of likely N-dealkylation sites (N-methyl/N-ethyl adjacent to an activating group) is 1. The summed E-state index contributed by atoms with van der Waals surface area (Å²) in [5, 5.41) is 9.07. The van der Waals surface area contributed by atoms with E-state index in [0.717, 1.165) is 12.8 Å². The van der Waals surface area contributed by atoms with Crippen molar-refractivity contribution in [3.05, 3.63) is 29.8 Å². The predicted octanol–water partition coefficient (Wildman–Crippen LogP) is 3.39. The Morgan fingerprint density at radius 1 is 1.03 bits per heavy atom. The zero-order chi connectivity index (χ0) is 21.9. The standard InChI is InChI=1S/C21H37N3O4S/c1-5-6-7-8-9-10-11-18-12-14-19(15-13-18)22-29(27,28)23-20(16-21(25)26)17-24(2,3)4/h12-15,20,22-23H,5-11,16-17H2,1-4H3/p+1/t20-/m1/s1. The smallest absolute Gasteiger partial charge is 0.305 e. The maximum absolute atomic E-state index is 12.4. The van der Waals surface area contributed by atoms with Gasteiger partial charge in [-0.05, 0) is 30.5 Å². The topological polar surface area (TPSA) is 95.5 Å². The van der Waals surface area contributed by atoms with Crippen LogP contribution < -0.4 is 9.44 Å². The minimum atomic E-state index is -3.87. The van der Waals surface area contributed by atoms with Crippen molar-refractivity contribution < 1.29 is 22.8 Å². The molecule has 7 nitrogen and oxygen atoms in total. The largest absolute Gasteiger partial charge is 0.481 e. The number of anilines is 1. The molecule has 0 aromatic heterocycles. The van der Waals surface area contributed by atoms with Crippen molar-refractivity contribution in [2.75, 3.05) is 32.4 Å².